The number of halogens is 2. The molecule has 0 bridgehead atoms. The number of ether oxygens (including phenoxy) is 2. The third-order valence-electron chi connectivity index (χ3n) is 2.58. The van der Waals surface area contributed by atoms with Crippen molar-refractivity contribution in [3.8, 4) is 0 Å². The standard InChI is InChI=1S/C13H17ClINO3/c1-18-7-5-16(6-8-19-2)13(17)10-3-4-12(15)11(14)9-10/h3-4,9H,5-8H2,1-2H3. The van der Waals surface area contributed by atoms with Gasteiger partial charge in [0.2, 0.25) is 0 Å². The van der Waals surface area contributed by atoms with Crippen LogP contribution >= 0.6 is 34.2 Å². The number of amides is 1. The summed E-state index contributed by atoms with van der Waals surface area (Å²) in [4.78, 5) is 14.1. The second-order valence-corrected chi connectivity index (χ2v) is 5.48. The summed E-state index contributed by atoms with van der Waals surface area (Å²) in [6, 6.07) is 5.31. The fraction of sp³-hybridized carbons (Fsp3) is 0.462. The molecule has 0 spiro atoms. The largest absolute Gasteiger partial charge is 0.383 e. The number of hydrogen-bond acceptors (Lipinski definition) is 3. The van der Waals surface area contributed by atoms with E-state index in [9.17, 15) is 4.79 Å². The van der Waals surface area contributed by atoms with E-state index in [0.29, 0.717) is 36.9 Å². The van der Waals surface area contributed by atoms with Crippen LogP contribution in [0.3, 0.4) is 0 Å². The minimum absolute atomic E-state index is 0.0626. The van der Waals surface area contributed by atoms with Crippen LogP contribution in [0.5, 0.6) is 0 Å². The quantitative estimate of drug-likeness (QED) is 0.664. The lowest BCUT2D eigenvalue weighted by Crippen LogP contribution is -2.36. The SMILES string of the molecule is COCCN(CCOC)C(=O)c1ccc(I)c(Cl)c1. The number of hydrogen-bond donors (Lipinski definition) is 0. The van der Waals surface area contributed by atoms with Gasteiger partial charge in [-0.1, -0.05) is 11.6 Å². The lowest BCUT2D eigenvalue weighted by Gasteiger charge is -2.22. The zero-order valence-electron chi connectivity index (χ0n) is 11.0. The van der Waals surface area contributed by atoms with Gasteiger partial charge in [-0.2, -0.15) is 0 Å². The van der Waals surface area contributed by atoms with Gasteiger partial charge < -0.3 is 14.4 Å². The summed E-state index contributed by atoms with van der Waals surface area (Å²) in [5, 5.41) is 0.588. The van der Waals surface area contributed by atoms with E-state index in [0.717, 1.165) is 3.57 Å². The van der Waals surface area contributed by atoms with Crippen molar-refractivity contribution in [2.45, 2.75) is 0 Å². The highest BCUT2D eigenvalue weighted by atomic mass is 127. The van der Waals surface area contributed by atoms with Crippen molar-refractivity contribution in [2.24, 2.45) is 0 Å². The van der Waals surface area contributed by atoms with Crippen molar-refractivity contribution in [2.75, 3.05) is 40.5 Å². The maximum Gasteiger partial charge on any atom is 0.254 e. The van der Waals surface area contributed by atoms with E-state index in [4.69, 9.17) is 21.1 Å². The van der Waals surface area contributed by atoms with Crippen LogP contribution in [0.15, 0.2) is 18.2 Å². The molecule has 0 aliphatic heterocycles. The summed E-state index contributed by atoms with van der Waals surface area (Å²) < 4.78 is 11.0. The van der Waals surface area contributed by atoms with E-state index in [1.165, 1.54) is 0 Å². The fourth-order valence-electron chi connectivity index (χ4n) is 1.53. The van der Waals surface area contributed by atoms with Crippen molar-refractivity contribution >= 4 is 40.1 Å². The van der Waals surface area contributed by atoms with Crippen LogP contribution in [0.25, 0.3) is 0 Å². The van der Waals surface area contributed by atoms with Crippen LogP contribution < -0.4 is 0 Å². The number of carbonyl (C=O) groups excluding carboxylic acids is 1. The smallest absolute Gasteiger partial charge is 0.254 e. The van der Waals surface area contributed by atoms with Crippen LogP contribution in [-0.4, -0.2) is 51.3 Å². The molecule has 0 fully saturated rings. The molecule has 1 aromatic carbocycles. The van der Waals surface area contributed by atoms with Gasteiger partial charge in [0.05, 0.1) is 18.2 Å². The maximum atomic E-state index is 12.4. The van der Waals surface area contributed by atoms with Gasteiger partial charge in [-0.25, -0.2) is 0 Å². The van der Waals surface area contributed by atoms with Crippen LogP contribution in [-0.2, 0) is 9.47 Å². The Morgan fingerprint density at radius 3 is 2.32 bits per heavy atom. The zero-order valence-corrected chi connectivity index (χ0v) is 13.9. The molecular formula is C13H17ClINO3. The molecule has 0 heterocycles. The van der Waals surface area contributed by atoms with E-state index >= 15 is 0 Å². The number of methoxy groups -OCH3 is 2. The summed E-state index contributed by atoms with van der Waals surface area (Å²) in [6.45, 7) is 2.05. The van der Waals surface area contributed by atoms with Crippen molar-refractivity contribution in [1.29, 1.82) is 0 Å². The highest BCUT2D eigenvalue weighted by molar-refractivity contribution is 14.1. The highest BCUT2D eigenvalue weighted by Crippen LogP contribution is 2.20. The number of nitrogens with zero attached hydrogens (tertiary/aromatic N) is 1. The molecule has 0 aliphatic carbocycles. The highest BCUT2D eigenvalue weighted by Gasteiger charge is 2.16. The summed E-state index contributed by atoms with van der Waals surface area (Å²) in [5.74, 6) is -0.0626. The molecule has 0 aromatic heterocycles. The van der Waals surface area contributed by atoms with Gasteiger partial charge in [0.25, 0.3) is 5.91 Å². The van der Waals surface area contributed by atoms with Gasteiger partial charge in [-0.15, -0.1) is 0 Å². The monoisotopic (exact) mass is 397 g/mol. The Morgan fingerprint density at radius 1 is 1.26 bits per heavy atom. The van der Waals surface area contributed by atoms with Gasteiger partial charge in [-0.3, -0.25) is 4.79 Å². The van der Waals surface area contributed by atoms with Crippen molar-refractivity contribution in [3.05, 3.63) is 32.4 Å². The van der Waals surface area contributed by atoms with Crippen LogP contribution in [0, 0.1) is 3.57 Å². The zero-order chi connectivity index (χ0) is 14.3. The Bertz CT molecular complexity index is 420. The molecule has 4 nitrogen and oxygen atoms in total. The second-order valence-electron chi connectivity index (χ2n) is 3.91. The predicted octanol–water partition coefficient (Wildman–Crippen LogP) is 2.68. The van der Waals surface area contributed by atoms with Crippen LogP contribution in [0.2, 0.25) is 5.02 Å². The minimum Gasteiger partial charge on any atom is -0.383 e. The van der Waals surface area contributed by atoms with Gasteiger partial charge >= 0.3 is 0 Å². The van der Waals surface area contributed by atoms with E-state index in [1.807, 2.05) is 6.07 Å². The summed E-state index contributed by atoms with van der Waals surface area (Å²) in [5.41, 5.74) is 0.581. The van der Waals surface area contributed by atoms with E-state index in [1.54, 1.807) is 31.3 Å². The van der Waals surface area contributed by atoms with Gasteiger partial charge in [-0.05, 0) is 40.8 Å². The van der Waals surface area contributed by atoms with Crippen LogP contribution in [0.4, 0.5) is 0 Å². The first-order chi connectivity index (χ1) is 9.10. The summed E-state index contributed by atoms with van der Waals surface area (Å²) >= 11 is 8.17. The third-order valence-corrected chi connectivity index (χ3v) is 4.16. The van der Waals surface area contributed by atoms with E-state index < -0.39 is 0 Å². The Hall–Kier alpha value is -0.370. The molecule has 1 amide bonds. The van der Waals surface area contributed by atoms with Crippen molar-refractivity contribution in [3.63, 3.8) is 0 Å². The average Bonchev–Trinajstić information content (AvgIpc) is 2.41. The Labute approximate surface area is 132 Å². The first-order valence-electron chi connectivity index (χ1n) is 5.82. The molecular weight excluding hydrogens is 381 g/mol. The Balaban J connectivity index is 2.81. The molecule has 0 radical (unpaired) electrons. The normalized spacial score (nSPS) is 10.5. The van der Waals surface area contributed by atoms with E-state index in [-0.39, 0.29) is 5.91 Å². The fourth-order valence-corrected chi connectivity index (χ4v) is 2.05. The summed E-state index contributed by atoms with van der Waals surface area (Å²) in [6.07, 6.45) is 0. The first-order valence-corrected chi connectivity index (χ1v) is 7.28. The number of benzene rings is 1. The molecule has 1 aromatic rings. The Kier molecular flexibility index (Phi) is 7.67. The van der Waals surface area contributed by atoms with Gasteiger partial charge in [0.15, 0.2) is 0 Å². The lowest BCUT2D eigenvalue weighted by atomic mass is 10.2. The van der Waals surface area contributed by atoms with Gasteiger partial charge in [0.1, 0.15) is 0 Å². The molecule has 1 rings (SSSR count). The summed E-state index contributed by atoms with van der Waals surface area (Å²) in [7, 11) is 3.22. The second kappa shape index (κ2) is 8.73. The molecule has 0 unspecified atom stereocenters. The molecule has 19 heavy (non-hydrogen) atoms. The molecule has 0 aliphatic rings. The lowest BCUT2D eigenvalue weighted by molar-refractivity contribution is 0.0627. The molecule has 0 saturated heterocycles. The Morgan fingerprint density at radius 2 is 1.84 bits per heavy atom. The molecule has 106 valence electrons. The predicted molar refractivity (Wildman–Crippen MR) is 83.8 cm³/mol. The van der Waals surface area contributed by atoms with Gasteiger partial charge in [0, 0.05) is 36.4 Å². The van der Waals surface area contributed by atoms with E-state index in [2.05, 4.69) is 22.6 Å². The topological polar surface area (TPSA) is 38.8 Å². The van der Waals surface area contributed by atoms with Crippen LogP contribution in [0.1, 0.15) is 10.4 Å². The van der Waals surface area contributed by atoms with Crippen molar-refractivity contribution in [1.82, 2.24) is 4.90 Å². The first kappa shape index (κ1) is 16.7. The average molecular weight is 398 g/mol. The molecule has 0 atom stereocenters. The molecule has 0 N–H and O–H groups in total. The third kappa shape index (κ3) is 5.25. The minimum atomic E-state index is -0.0626. The number of carbonyl (C=O) groups is 1. The molecule has 0 saturated carbocycles. The molecule has 6 heteroatoms. The maximum absolute atomic E-state index is 12.4. The van der Waals surface area contributed by atoms with Crippen molar-refractivity contribution < 1.29 is 14.3 Å². The number of rotatable bonds is 7.